The molecule has 45 heavy (non-hydrogen) atoms. The summed E-state index contributed by atoms with van der Waals surface area (Å²) in [5, 5.41) is 42.1. The first kappa shape index (κ1) is 39.6. The van der Waals surface area contributed by atoms with Gasteiger partial charge in [0.05, 0.1) is 6.10 Å². The molecule has 8 N–H and O–H groups in total. The maximum Gasteiger partial charge on any atom is 0.322 e. The quantitative estimate of drug-likeness (QED) is 0.0602. The van der Waals surface area contributed by atoms with Crippen LogP contribution in [0.15, 0.2) is 36.4 Å². The van der Waals surface area contributed by atoms with Crippen molar-refractivity contribution in [1.29, 1.82) is 0 Å². The molecule has 1 aromatic carbocycles. The van der Waals surface area contributed by atoms with Crippen LogP contribution >= 0.6 is 11.8 Å². The third-order valence-corrected chi connectivity index (χ3v) is 8.50. The normalized spacial score (nSPS) is 13.9. The lowest BCUT2D eigenvalue weighted by molar-refractivity contribution is -0.139. The number of carbonyl (C=O) groups excluding carboxylic acids is 2. The van der Waals surface area contributed by atoms with E-state index in [1.165, 1.54) is 43.0 Å². The number of unbranched alkanes of at least 4 members (excludes halogenated alkanes) is 4. The number of aliphatic hydroxyl groups excluding tert-OH is 1. The second-order valence-electron chi connectivity index (χ2n) is 10.9. The Bertz CT molecular complexity index is 1120. The minimum Gasteiger partial charge on any atom is -0.481 e. The number of hydrogen-bond acceptors (Lipinski definition) is 8. The Morgan fingerprint density at radius 3 is 2.24 bits per heavy atom. The SMILES string of the molecule is CCCCCCCc1ccccc1C/C=C/[C@H](SCC(NC(=O)CCC(N)C(=O)O)C(=O)NCC(=O)O)[C@H](O)CCCC(=O)O. The van der Waals surface area contributed by atoms with Crippen molar-refractivity contribution in [3.63, 3.8) is 0 Å². The number of rotatable bonds is 25. The molecule has 1 aromatic rings. The number of amides is 2. The van der Waals surface area contributed by atoms with E-state index >= 15 is 0 Å². The number of aryl methyl sites for hydroxylation is 1. The lowest BCUT2D eigenvalue weighted by atomic mass is 9.98. The molecule has 1 rings (SSSR count). The van der Waals surface area contributed by atoms with Crippen molar-refractivity contribution in [2.75, 3.05) is 12.3 Å². The van der Waals surface area contributed by atoms with Gasteiger partial charge in [-0.1, -0.05) is 69.0 Å². The number of aliphatic hydroxyl groups is 1. The maximum atomic E-state index is 12.8. The number of hydrogen-bond donors (Lipinski definition) is 7. The van der Waals surface area contributed by atoms with Crippen LogP contribution in [-0.2, 0) is 36.8 Å². The Kier molecular flexibility index (Phi) is 20.2. The zero-order valence-corrected chi connectivity index (χ0v) is 26.8. The van der Waals surface area contributed by atoms with Crippen LogP contribution in [0.3, 0.4) is 0 Å². The molecule has 0 heterocycles. The first-order valence-corrected chi connectivity index (χ1v) is 16.5. The van der Waals surface area contributed by atoms with Gasteiger partial charge in [-0.3, -0.25) is 24.0 Å². The second-order valence-corrected chi connectivity index (χ2v) is 12.1. The van der Waals surface area contributed by atoms with E-state index in [1.807, 2.05) is 24.3 Å². The van der Waals surface area contributed by atoms with E-state index in [0.717, 1.165) is 18.4 Å². The molecule has 0 aliphatic heterocycles. The summed E-state index contributed by atoms with van der Waals surface area (Å²) in [6.07, 6.45) is 10.1. The molecule has 0 bridgehead atoms. The van der Waals surface area contributed by atoms with Gasteiger partial charge in [0, 0.05) is 23.8 Å². The Morgan fingerprint density at radius 2 is 1.60 bits per heavy atom. The number of carboxylic acid groups (broad SMARTS) is 3. The topological polar surface area (TPSA) is 216 Å². The second kappa shape index (κ2) is 23.0. The Balaban J connectivity index is 3.03. The fourth-order valence-electron chi connectivity index (χ4n) is 4.52. The molecule has 252 valence electrons. The summed E-state index contributed by atoms with van der Waals surface area (Å²) in [5.41, 5.74) is 7.88. The lowest BCUT2D eigenvalue weighted by Gasteiger charge is -2.23. The molecule has 2 unspecified atom stereocenters. The van der Waals surface area contributed by atoms with E-state index in [-0.39, 0.29) is 37.9 Å². The monoisotopic (exact) mass is 651 g/mol. The average Bonchev–Trinajstić information content (AvgIpc) is 2.99. The smallest absolute Gasteiger partial charge is 0.322 e. The van der Waals surface area contributed by atoms with Crippen molar-refractivity contribution in [2.45, 2.75) is 107 Å². The maximum absolute atomic E-state index is 12.8. The number of nitrogens with one attached hydrogen (secondary N) is 2. The molecule has 13 heteroatoms. The fourth-order valence-corrected chi connectivity index (χ4v) is 5.75. The summed E-state index contributed by atoms with van der Waals surface area (Å²) in [6, 6.07) is 5.72. The number of allylic oxidation sites excluding steroid dienone is 1. The van der Waals surface area contributed by atoms with Crippen LogP contribution in [0.5, 0.6) is 0 Å². The highest BCUT2D eigenvalue weighted by atomic mass is 32.2. The molecule has 0 saturated carbocycles. The van der Waals surface area contributed by atoms with E-state index in [9.17, 15) is 29.1 Å². The highest BCUT2D eigenvalue weighted by Crippen LogP contribution is 2.23. The van der Waals surface area contributed by atoms with Crippen molar-refractivity contribution in [3.8, 4) is 0 Å². The van der Waals surface area contributed by atoms with Crippen molar-refractivity contribution in [1.82, 2.24) is 10.6 Å². The van der Waals surface area contributed by atoms with E-state index in [2.05, 4.69) is 29.7 Å². The standard InChI is InChI=1S/C32H49N3O9S/c1-2-3-4-5-6-11-22-12-7-8-13-23(22)14-9-16-27(26(36)15-10-17-29(38)39)45-21-25(31(42)34-20-30(40)41)35-28(37)19-18-24(33)32(43)44/h7-9,12-13,16,24-27,36H,2-6,10-11,14-15,17-21,33H2,1H3,(H,34,42)(H,35,37)(H,38,39)(H,40,41)(H,43,44)/b16-9+/t24?,25?,26-,27+/m1/s1. The van der Waals surface area contributed by atoms with Crippen molar-refractivity contribution in [2.24, 2.45) is 5.73 Å². The van der Waals surface area contributed by atoms with Gasteiger partial charge in [-0.15, -0.1) is 11.8 Å². The minimum atomic E-state index is -1.27. The molecule has 0 spiro atoms. The van der Waals surface area contributed by atoms with Gasteiger partial charge in [-0.25, -0.2) is 0 Å². The molecule has 0 aromatic heterocycles. The number of aliphatic carboxylic acids is 3. The molecule has 0 aliphatic carbocycles. The molecule has 2 amide bonds. The van der Waals surface area contributed by atoms with Crippen molar-refractivity contribution in [3.05, 3.63) is 47.5 Å². The lowest BCUT2D eigenvalue weighted by Crippen LogP contribution is -2.50. The largest absolute Gasteiger partial charge is 0.481 e. The Hall–Kier alpha value is -3.42. The summed E-state index contributed by atoms with van der Waals surface area (Å²) < 4.78 is 0. The summed E-state index contributed by atoms with van der Waals surface area (Å²) >= 11 is 1.17. The van der Waals surface area contributed by atoms with Gasteiger partial charge >= 0.3 is 17.9 Å². The predicted molar refractivity (Wildman–Crippen MR) is 173 cm³/mol. The van der Waals surface area contributed by atoms with Gasteiger partial charge in [-0.2, -0.15) is 0 Å². The molecule has 0 saturated heterocycles. The zero-order chi connectivity index (χ0) is 33.6. The number of nitrogens with two attached hydrogens (primary N) is 1. The van der Waals surface area contributed by atoms with Crippen LogP contribution in [0.4, 0.5) is 0 Å². The number of carboxylic acids is 3. The summed E-state index contributed by atoms with van der Waals surface area (Å²) in [4.78, 5) is 58.3. The number of carbonyl (C=O) groups is 5. The van der Waals surface area contributed by atoms with E-state index in [0.29, 0.717) is 6.42 Å². The Labute approximate surface area is 269 Å². The van der Waals surface area contributed by atoms with Gasteiger partial charge in [0.15, 0.2) is 0 Å². The van der Waals surface area contributed by atoms with Crippen LogP contribution in [0.25, 0.3) is 0 Å². The summed E-state index contributed by atoms with van der Waals surface area (Å²) in [7, 11) is 0. The predicted octanol–water partition coefficient (Wildman–Crippen LogP) is 2.89. The summed E-state index contributed by atoms with van der Waals surface area (Å²) in [5.74, 6) is -4.95. The zero-order valence-electron chi connectivity index (χ0n) is 26.0. The highest BCUT2D eigenvalue weighted by molar-refractivity contribution is 8.00. The molecule has 0 radical (unpaired) electrons. The third-order valence-electron chi connectivity index (χ3n) is 7.12. The number of benzene rings is 1. The highest BCUT2D eigenvalue weighted by Gasteiger charge is 2.26. The third kappa shape index (κ3) is 18.2. The van der Waals surface area contributed by atoms with E-state index < -0.39 is 59.7 Å². The van der Waals surface area contributed by atoms with E-state index in [1.54, 1.807) is 0 Å². The molecular weight excluding hydrogens is 602 g/mol. The first-order valence-electron chi connectivity index (χ1n) is 15.5. The van der Waals surface area contributed by atoms with Crippen molar-refractivity contribution >= 4 is 41.5 Å². The molecule has 0 fully saturated rings. The molecular formula is C32H49N3O9S. The van der Waals surface area contributed by atoms with Crippen LogP contribution in [0, 0.1) is 0 Å². The molecule has 12 nitrogen and oxygen atoms in total. The molecule has 0 aliphatic rings. The first-order chi connectivity index (χ1) is 21.4. The van der Waals surface area contributed by atoms with Gasteiger partial charge in [0.1, 0.15) is 18.6 Å². The van der Waals surface area contributed by atoms with E-state index in [4.69, 9.17) is 21.1 Å². The van der Waals surface area contributed by atoms with Crippen LogP contribution in [0.2, 0.25) is 0 Å². The fraction of sp³-hybridized carbons (Fsp3) is 0.594. The Morgan fingerprint density at radius 1 is 0.911 bits per heavy atom. The van der Waals surface area contributed by atoms with Gasteiger partial charge < -0.3 is 36.8 Å². The van der Waals surface area contributed by atoms with Gasteiger partial charge in [0.2, 0.25) is 11.8 Å². The minimum absolute atomic E-state index is 0.0402. The average molecular weight is 652 g/mol. The van der Waals surface area contributed by atoms with Crippen LogP contribution in [-0.4, -0.2) is 85.9 Å². The van der Waals surface area contributed by atoms with Crippen LogP contribution in [0.1, 0.15) is 82.3 Å². The number of thioether (sulfide) groups is 1. The van der Waals surface area contributed by atoms with Gasteiger partial charge in [0.25, 0.3) is 0 Å². The summed E-state index contributed by atoms with van der Waals surface area (Å²) in [6.45, 7) is 1.51. The van der Waals surface area contributed by atoms with Crippen LogP contribution < -0.4 is 16.4 Å². The van der Waals surface area contributed by atoms with Crippen molar-refractivity contribution < 1.29 is 44.4 Å². The molecule has 4 atom stereocenters. The van der Waals surface area contributed by atoms with Gasteiger partial charge in [-0.05, 0) is 49.7 Å².